The Morgan fingerprint density at radius 3 is 2.31 bits per heavy atom. The molecule has 0 bridgehead atoms. The molecule has 2 heterocycles. The monoisotopic (exact) mass is 377 g/mol. The molecule has 3 rings (SSSR count). The van der Waals surface area contributed by atoms with Crippen molar-refractivity contribution >= 4 is 20.8 Å². The van der Waals surface area contributed by atoms with E-state index in [0.717, 1.165) is 18.8 Å². The van der Waals surface area contributed by atoms with E-state index in [4.69, 9.17) is 4.74 Å². The summed E-state index contributed by atoms with van der Waals surface area (Å²) in [6, 6.07) is 7.08. The van der Waals surface area contributed by atoms with Crippen LogP contribution in [0.25, 0.3) is 10.8 Å². The van der Waals surface area contributed by atoms with E-state index >= 15 is 0 Å². The minimum atomic E-state index is -3.58. The van der Waals surface area contributed by atoms with Crippen molar-refractivity contribution in [3.63, 3.8) is 0 Å². The Balaban J connectivity index is 2.00. The number of piperazine rings is 1. The number of nitrogens with zero attached hydrogens (tertiary/aromatic N) is 3. The van der Waals surface area contributed by atoms with Gasteiger partial charge in [-0.2, -0.15) is 4.31 Å². The molecule has 26 heavy (non-hydrogen) atoms. The number of pyridine rings is 1. The van der Waals surface area contributed by atoms with Crippen molar-refractivity contribution in [1.29, 1.82) is 0 Å². The third kappa shape index (κ3) is 3.43. The molecule has 2 aromatic rings. The lowest BCUT2D eigenvalue weighted by atomic mass is 10.1. The predicted molar refractivity (Wildman–Crippen MR) is 103 cm³/mol. The third-order valence-corrected chi connectivity index (χ3v) is 6.88. The summed E-state index contributed by atoms with van der Waals surface area (Å²) in [5, 5.41) is 1.38. The first-order valence-corrected chi connectivity index (χ1v) is 10.3. The molecule has 142 valence electrons. The Kier molecular flexibility index (Phi) is 4.98. The van der Waals surface area contributed by atoms with E-state index in [1.807, 2.05) is 19.1 Å². The molecular weight excluding hydrogens is 350 g/mol. The van der Waals surface area contributed by atoms with Gasteiger partial charge in [0.15, 0.2) is 0 Å². The van der Waals surface area contributed by atoms with E-state index in [-0.39, 0.29) is 5.54 Å². The quantitative estimate of drug-likeness (QED) is 0.823. The van der Waals surface area contributed by atoms with Crippen molar-refractivity contribution < 1.29 is 13.2 Å². The molecular formula is C19H27N3O3S. The molecule has 1 aliphatic rings. The summed E-state index contributed by atoms with van der Waals surface area (Å²) >= 11 is 0. The molecule has 1 fully saturated rings. The molecule has 0 amide bonds. The van der Waals surface area contributed by atoms with Gasteiger partial charge in [0, 0.05) is 48.2 Å². The predicted octanol–water partition coefficient (Wildman–Crippen LogP) is 2.66. The van der Waals surface area contributed by atoms with Crippen molar-refractivity contribution in [3.8, 4) is 5.88 Å². The molecule has 0 spiro atoms. The molecule has 1 saturated heterocycles. The number of rotatable bonds is 3. The third-order valence-electron chi connectivity index (χ3n) is 4.93. The Morgan fingerprint density at radius 2 is 1.73 bits per heavy atom. The standard InChI is InChI=1S/C19H27N3O3S/c1-14-13-16-15(18(20-14)25-5)7-6-8-17(16)26(23,24)22-11-9-21(10-12-22)19(2,3)4/h6-8,13H,9-12H2,1-5H3. The Hall–Kier alpha value is -1.70. The van der Waals surface area contributed by atoms with E-state index in [0.29, 0.717) is 34.6 Å². The molecule has 1 aliphatic heterocycles. The Morgan fingerprint density at radius 1 is 1.08 bits per heavy atom. The summed E-state index contributed by atoms with van der Waals surface area (Å²) < 4.78 is 33.6. The highest BCUT2D eigenvalue weighted by Gasteiger charge is 2.33. The average molecular weight is 378 g/mol. The lowest BCUT2D eigenvalue weighted by molar-refractivity contribution is 0.0922. The Bertz CT molecular complexity index is 912. The van der Waals surface area contributed by atoms with Crippen LogP contribution in [0, 0.1) is 6.92 Å². The van der Waals surface area contributed by atoms with Crippen LogP contribution in [0.4, 0.5) is 0 Å². The molecule has 0 saturated carbocycles. The summed E-state index contributed by atoms with van der Waals surface area (Å²) in [7, 11) is -2.03. The first-order chi connectivity index (χ1) is 12.1. The van der Waals surface area contributed by atoms with E-state index < -0.39 is 10.0 Å². The number of aromatic nitrogens is 1. The van der Waals surface area contributed by atoms with Crippen molar-refractivity contribution in [2.24, 2.45) is 0 Å². The van der Waals surface area contributed by atoms with Crippen LogP contribution in [0.2, 0.25) is 0 Å². The fraction of sp³-hybridized carbons (Fsp3) is 0.526. The van der Waals surface area contributed by atoms with Gasteiger partial charge in [-0.05, 0) is 45.9 Å². The fourth-order valence-electron chi connectivity index (χ4n) is 3.46. The molecule has 0 radical (unpaired) electrons. The first kappa shape index (κ1) is 19.1. The topological polar surface area (TPSA) is 62.7 Å². The average Bonchev–Trinajstić information content (AvgIpc) is 2.59. The van der Waals surface area contributed by atoms with Gasteiger partial charge in [0.2, 0.25) is 15.9 Å². The van der Waals surface area contributed by atoms with Crippen LogP contribution in [0.1, 0.15) is 26.5 Å². The van der Waals surface area contributed by atoms with Crippen molar-refractivity contribution in [2.75, 3.05) is 33.3 Å². The second-order valence-electron chi connectivity index (χ2n) is 7.69. The number of methoxy groups -OCH3 is 1. The highest BCUT2D eigenvalue weighted by molar-refractivity contribution is 7.89. The van der Waals surface area contributed by atoms with Crippen molar-refractivity contribution in [2.45, 2.75) is 38.1 Å². The molecule has 0 atom stereocenters. The summed E-state index contributed by atoms with van der Waals surface area (Å²) in [4.78, 5) is 7.00. The van der Waals surface area contributed by atoms with Crippen LogP contribution in [0.5, 0.6) is 5.88 Å². The highest BCUT2D eigenvalue weighted by Crippen LogP contribution is 2.31. The van der Waals surface area contributed by atoms with Crippen LogP contribution >= 0.6 is 0 Å². The zero-order valence-corrected chi connectivity index (χ0v) is 16.9. The summed E-state index contributed by atoms with van der Waals surface area (Å²) in [6.07, 6.45) is 0. The van der Waals surface area contributed by atoms with Gasteiger partial charge in [-0.3, -0.25) is 4.90 Å². The first-order valence-electron chi connectivity index (χ1n) is 8.84. The largest absolute Gasteiger partial charge is 0.481 e. The van der Waals surface area contributed by atoms with Gasteiger partial charge in [0.25, 0.3) is 0 Å². The maximum atomic E-state index is 13.3. The highest BCUT2D eigenvalue weighted by atomic mass is 32.2. The van der Waals surface area contributed by atoms with E-state index in [2.05, 4.69) is 30.7 Å². The molecule has 1 aromatic carbocycles. The van der Waals surface area contributed by atoms with E-state index in [1.165, 1.54) is 0 Å². The van der Waals surface area contributed by atoms with Gasteiger partial charge in [-0.1, -0.05) is 6.07 Å². The van der Waals surface area contributed by atoms with Gasteiger partial charge >= 0.3 is 0 Å². The van der Waals surface area contributed by atoms with Gasteiger partial charge in [-0.25, -0.2) is 13.4 Å². The van der Waals surface area contributed by atoms with Crippen LogP contribution < -0.4 is 4.74 Å². The second kappa shape index (κ2) is 6.79. The van der Waals surface area contributed by atoms with Crippen molar-refractivity contribution in [1.82, 2.24) is 14.2 Å². The second-order valence-corrected chi connectivity index (χ2v) is 9.59. The van der Waals surface area contributed by atoms with E-state index in [1.54, 1.807) is 23.5 Å². The van der Waals surface area contributed by atoms with Crippen LogP contribution in [-0.2, 0) is 10.0 Å². The molecule has 1 aromatic heterocycles. The van der Waals surface area contributed by atoms with Crippen LogP contribution in [0.3, 0.4) is 0 Å². The van der Waals surface area contributed by atoms with Gasteiger partial charge in [0.05, 0.1) is 12.0 Å². The number of hydrogen-bond donors (Lipinski definition) is 0. The zero-order chi connectivity index (χ0) is 19.1. The summed E-state index contributed by atoms with van der Waals surface area (Å²) in [6.45, 7) is 10.8. The number of benzene rings is 1. The minimum Gasteiger partial charge on any atom is -0.481 e. The lowest BCUT2D eigenvalue weighted by Crippen LogP contribution is -2.54. The fourth-order valence-corrected chi connectivity index (χ4v) is 5.08. The molecule has 6 nitrogen and oxygen atoms in total. The molecule has 0 N–H and O–H groups in total. The minimum absolute atomic E-state index is 0.0471. The van der Waals surface area contributed by atoms with Gasteiger partial charge < -0.3 is 4.74 Å². The molecule has 0 aliphatic carbocycles. The van der Waals surface area contributed by atoms with Gasteiger partial charge in [-0.15, -0.1) is 0 Å². The normalized spacial score (nSPS) is 17.6. The number of fused-ring (bicyclic) bond motifs is 1. The number of ether oxygens (including phenoxy) is 1. The maximum Gasteiger partial charge on any atom is 0.243 e. The number of aryl methyl sites for hydroxylation is 1. The van der Waals surface area contributed by atoms with Crippen LogP contribution in [0.15, 0.2) is 29.2 Å². The number of sulfonamides is 1. The lowest BCUT2D eigenvalue weighted by Gasteiger charge is -2.41. The summed E-state index contributed by atoms with van der Waals surface area (Å²) in [5.74, 6) is 0.453. The number of hydrogen-bond acceptors (Lipinski definition) is 5. The zero-order valence-electron chi connectivity index (χ0n) is 16.1. The van der Waals surface area contributed by atoms with Crippen LogP contribution in [-0.4, -0.2) is 61.4 Å². The van der Waals surface area contributed by atoms with E-state index in [9.17, 15) is 8.42 Å². The molecule has 0 unspecified atom stereocenters. The SMILES string of the molecule is COc1nc(C)cc2c(S(=O)(=O)N3CCN(C(C)(C)C)CC3)cccc12. The van der Waals surface area contributed by atoms with Crippen molar-refractivity contribution in [3.05, 3.63) is 30.0 Å². The Labute approximate surface area is 155 Å². The summed E-state index contributed by atoms with van der Waals surface area (Å²) in [5.41, 5.74) is 0.778. The van der Waals surface area contributed by atoms with Gasteiger partial charge in [0.1, 0.15) is 0 Å². The molecule has 7 heteroatoms. The smallest absolute Gasteiger partial charge is 0.243 e. The maximum absolute atomic E-state index is 13.3.